The molecule has 1 heterocycles. The highest BCUT2D eigenvalue weighted by atomic mass is 16.3. The molecule has 2 amide bonds. The summed E-state index contributed by atoms with van der Waals surface area (Å²) >= 11 is 0. The first-order valence-corrected chi connectivity index (χ1v) is 8.29. The molecule has 1 fully saturated rings. The largest absolute Gasteiger partial charge is 0.394 e. The summed E-state index contributed by atoms with van der Waals surface area (Å²) in [7, 11) is 0. The number of anilines is 1. The van der Waals surface area contributed by atoms with E-state index in [-0.39, 0.29) is 30.9 Å². The van der Waals surface area contributed by atoms with E-state index < -0.39 is 0 Å². The van der Waals surface area contributed by atoms with Crippen LogP contribution in [0.3, 0.4) is 0 Å². The molecule has 1 saturated heterocycles. The van der Waals surface area contributed by atoms with Gasteiger partial charge in [-0.05, 0) is 36.5 Å². The number of aliphatic hydroxyl groups is 1. The van der Waals surface area contributed by atoms with E-state index in [1.54, 1.807) is 4.90 Å². The molecule has 0 radical (unpaired) electrons. The van der Waals surface area contributed by atoms with Crippen molar-refractivity contribution in [3.63, 3.8) is 0 Å². The standard InChI is InChI=1S/C18H26N2O3/c1-13(2)10-15(12-21)19-17(22)11-14-5-7-16(8-6-14)20-9-3-4-18(20)23/h5-8,13,15,21H,3-4,9-12H2,1-2H3,(H,19,22). The van der Waals surface area contributed by atoms with E-state index in [9.17, 15) is 14.7 Å². The third-order valence-electron chi connectivity index (χ3n) is 4.03. The fraction of sp³-hybridized carbons (Fsp3) is 0.556. The molecule has 5 nitrogen and oxygen atoms in total. The molecule has 2 N–H and O–H groups in total. The van der Waals surface area contributed by atoms with Crippen LogP contribution in [0, 0.1) is 5.92 Å². The van der Waals surface area contributed by atoms with Crippen LogP contribution in [-0.4, -0.2) is 36.1 Å². The third kappa shape index (κ3) is 5.06. The highest BCUT2D eigenvalue weighted by molar-refractivity contribution is 5.95. The van der Waals surface area contributed by atoms with Crippen LogP contribution in [0.25, 0.3) is 0 Å². The van der Waals surface area contributed by atoms with Gasteiger partial charge in [-0.3, -0.25) is 9.59 Å². The fourth-order valence-corrected chi connectivity index (χ4v) is 2.93. The number of hydrogen-bond acceptors (Lipinski definition) is 3. The number of hydrogen-bond donors (Lipinski definition) is 2. The molecule has 2 rings (SSSR count). The van der Waals surface area contributed by atoms with Crippen molar-refractivity contribution in [3.8, 4) is 0 Å². The minimum atomic E-state index is -0.191. The zero-order chi connectivity index (χ0) is 16.8. The average molecular weight is 318 g/mol. The number of carbonyl (C=O) groups excluding carboxylic acids is 2. The maximum Gasteiger partial charge on any atom is 0.227 e. The molecule has 1 aromatic carbocycles. The molecule has 0 spiro atoms. The van der Waals surface area contributed by atoms with Crippen LogP contribution in [0.15, 0.2) is 24.3 Å². The summed E-state index contributed by atoms with van der Waals surface area (Å²) in [6.07, 6.45) is 2.56. The Morgan fingerprint density at radius 2 is 2.00 bits per heavy atom. The molecule has 0 bridgehead atoms. The maximum absolute atomic E-state index is 12.1. The molecule has 1 aliphatic rings. The average Bonchev–Trinajstić information content (AvgIpc) is 2.93. The minimum Gasteiger partial charge on any atom is -0.394 e. The molecular formula is C18H26N2O3. The van der Waals surface area contributed by atoms with Crippen molar-refractivity contribution in [2.24, 2.45) is 5.92 Å². The molecule has 0 aromatic heterocycles. The van der Waals surface area contributed by atoms with Gasteiger partial charge in [0.25, 0.3) is 0 Å². The zero-order valence-electron chi connectivity index (χ0n) is 13.9. The van der Waals surface area contributed by atoms with Crippen molar-refractivity contribution in [2.75, 3.05) is 18.1 Å². The van der Waals surface area contributed by atoms with E-state index >= 15 is 0 Å². The second kappa shape index (κ2) is 8.11. The van der Waals surface area contributed by atoms with Crippen molar-refractivity contribution in [3.05, 3.63) is 29.8 Å². The molecule has 1 atom stereocenters. The van der Waals surface area contributed by atoms with Crippen molar-refractivity contribution in [1.82, 2.24) is 5.32 Å². The van der Waals surface area contributed by atoms with Gasteiger partial charge in [0.05, 0.1) is 19.1 Å². The molecule has 23 heavy (non-hydrogen) atoms. The Morgan fingerprint density at radius 1 is 1.30 bits per heavy atom. The number of benzene rings is 1. The lowest BCUT2D eigenvalue weighted by Gasteiger charge is -2.18. The van der Waals surface area contributed by atoms with Crippen LogP contribution >= 0.6 is 0 Å². The monoisotopic (exact) mass is 318 g/mol. The summed E-state index contributed by atoms with van der Waals surface area (Å²) in [5, 5.41) is 12.2. The van der Waals surface area contributed by atoms with Crippen LogP contribution < -0.4 is 10.2 Å². The van der Waals surface area contributed by atoms with Gasteiger partial charge in [-0.1, -0.05) is 26.0 Å². The lowest BCUT2D eigenvalue weighted by atomic mass is 10.0. The number of rotatable bonds is 7. The summed E-state index contributed by atoms with van der Waals surface area (Å²) in [6.45, 7) is 4.85. The predicted octanol–water partition coefficient (Wildman–Crippen LogP) is 1.88. The Balaban J connectivity index is 1.90. The van der Waals surface area contributed by atoms with E-state index in [1.807, 2.05) is 24.3 Å². The minimum absolute atomic E-state index is 0.0417. The van der Waals surface area contributed by atoms with Gasteiger partial charge in [-0.25, -0.2) is 0 Å². The number of nitrogens with one attached hydrogen (secondary N) is 1. The van der Waals surface area contributed by atoms with Crippen molar-refractivity contribution >= 4 is 17.5 Å². The SMILES string of the molecule is CC(C)CC(CO)NC(=O)Cc1ccc(N2CCCC2=O)cc1. The first-order valence-electron chi connectivity index (χ1n) is 8.29. The van der Waals surface area contributed by atoms with Crippen LogP contribution in [0.5, 0.6) is 0 Å². The van der Waals surface area contributed by atoms with E-state index in [0.717, 1.165) is 30.6 Å². The Hall–Kier alpha value is -1.88. The van der Waals surface area contributed by atoms with E-state index in [1.165, 1.54) is 0 Å². The quantitative estimate of drug-likeness (QED) is 0.806. The van der Waals surface area contributed by atoms with Gasteiger partial charge in [0.1, 0.15) is 0 Å². The molecule has 0 saturated carbocycles. The Morgan fingerprint density at radius 3 is 2.52 bits per heavy atom. The summed E-state index contributed by atoms with van der Waals surface area (Å²) in [4.78, 5) is 25.6. The van der Waals surface area contributed by atoms with Crippen LogP contribution in [0.4, 0.5) is 5.69 Å². The second-order valence-electron chi connectivity index (χ2n) is 6.57. The van der Waals surface area contributed by atoms with E-state index in [0.29, 0.717) is 12.3 Å². The van der Waals surface area contributed by atoms with Gasteiger partial charge < -0.3 is 15.3 Å². The van der Waals surface area contributed by atoms with Crippen LogP contribution in [0.2, 0.25) is 0 Å². The predicted molar refractivity (Wildman–Crippen MR) is 90.2 cm³/mol. The summed E-state index contributed by atoms with van der Waals surface area (Å²) in [6, 6.07) is 7.37. The van der Waals surface area contributed by atoms with Gasteiger partial charge in [0.15, 0.2) is 0 Å². The van der Waals surface area contributed by atoms with Crippen molar-refractivity contribution in [2.45, 2.75) is 45.6 Å². The lowest BCUT2D eigenvalue weighted by Crippen LogP contribution is -2.39. The first-order chi connectivity index (χ1) is 11.0. The molecule has 5 heteroatoms. The summed E-state index contributed by atoms with van der Waals surface area (Å²) < 4.78 is 0. The van der Waals surface area contributed by atoms with Crippen molar-refractivity contribution < 1.29 is 14.7 Å². The highest BCUT2D eigenvalue weighted by Gasteiger charge is 2.21. The third-order valence-corrected chi connectivity index (χ3v) is 4.03. The molecule has 1 aliphatic heterocycles. The Kier molecular flexibility index (Phi) is 6.16. The summed E-state index contributed by atoms with van der Waals surface area (Å²) in [5.74, 6) is 0.495. The summed E-state index contributed by atoms with van der Waals surface area (Å²) in [5.41, 5.74) is 1.80. The number of carbonyl (C=O) groups is 2. The van der Waals surface area contributed by atoms with Crippen molar-refractivity contribution in [1.29, 1.82) is 0 Å². The van der Waals surface area contributed by atoms with Crippen LogP contribution in [-0.2, 0) is 16.0 Å². The lowest BCUT2D eigenvalue weighted by molar-refractivity contribution is -0.121. The zero-order valence-corrected chi connectivity index (χ0v) is 13.9. The van der Waals surface area contributed by atoms with Gasteiger partial charge >= 0.3 is 0 Å². The molecule has 1 aromatic rings. The fourth-order valence-electron chi connectivity index (χ4n) is 2.93. The molecular weight excluding hydrogens is 292 g/mol. The molecule has 0 aliphatic carbocycles. The van der Waals surface area contributed by atoms with Gasteiger partial charge in [-0.2, -0.15) is 0 Å². The first kappa shape index (κ1) is 17.5. The highest BCUT2D eigenvalue weighted by Crippen LogP contribution is 2.21. The number of amides is 2. The topological polar surface area (TPSA) is 69.6 Å². The van der Waals surface area contributed by atoms with E-state index in [4.69, 9.17) is 0 Å². The van der Waals surface area contributed by atoms with Gasteiger partial charge in [-0.15, -0.1) is 0 Å². The Labute approximate surface area is 137 Å². The van der Waals surface area contributed by atoms with Gasteiger partial charge in [0, 0.05) is 18.7 Å². The second-order valence-corrected chi connectivity index (χ2v) is 6.57. The van der Waals surface area contributed by atoms with E-state index in [2.05, 4.69) is 19.2 Å². The Bertz CT molecular complexity index is 540. The number of nitrogens with zero attached hydrogens (tertiary/aromatic N) is 1. The molecule has 1 unspecified atom stereocenters. The van der Waals surface area contributed by atoms with Crippen LogP contribution in [0.1, 0.15) is 38.7 Å². The maximum atomic E-state index is 12.1. The smallest absolute Gasteiger partial charge is 0.227 e. The number of aliphatic hydroxyl groups excluding tert-OH is 1. The normalized spacial score (nSPS) is 16.0. The van der Waals surface area contributed by atoms with Gasteiger partial charge in [0.2, 0.25) is 11.8 Å². The molecule has 126 valence electrons.